The highest BCUT2D eigenvalue weighted by Crippen LogP contribution is 2.31. The van der Waals surface area contributed by atoms with Crippen molar-refractivity contribution in [1.82, 2.24) is 19.7 Å². The van der Waals surface area contributed by atoms with Crippen molar-refractivity contribution in [2.45, 2.75) is 34.4 Å². The maximum absolute atomic E-state index is 12.9. The van der Waals surface area contributed by atoms with Gasteiger partial charge in [-0.3, -0.25) is 14.6 Å². The number of benzene rings is 1. The van der Waals surface area contributed by atoms with E-state index in [1.807, 2.05) is 62.6 Å². The fourth-order valence-electron chi connectivity index (χ4n) is 3.33. The number of alkyl halides is 1. The molecular weight excluding hydrogens is 391 g/mol. The van der Waals surface area contributed by atoms with E-state index in [1.165, 1.54) is 0 Å². The molecule has 4 rings (SSSR count). The summed E-state index contributed by atoms with van der Waals surface area (Å²) in [5, 5.41) is 4.60. The van der Waals surface area contributed by atoms with Gasteiger partial charge in [0.1, 0.15) is 24.7 Å². The highest BCUT2D eigenvalue weighted by atomic mass is 19.1. The molecule has 5 nitrogen and oxygen atoms in total. The first-order valence-electron chi connectivity index (χ1n) is 9.83. The Morgan fingerprint density at radius 3 is 2.42 bits per heavy atom. The molecule has 0 N–H and O–H groups in total. The largest absolute Gasteiger partial charge is 0.487 e. The zero-order valence-electron chi connectivity index (χ0n) is 17.0. The van der Waals surface area contributed by atoms with Crippen LogP contribution in [0.15, 0.2) is 67.3 Å². The molecule has 0 unspecified atom stereocenters. The van der Waals surface area contributed by atoms with Crippen LogP contribution in [0.5, 0.6) is 5.75 Å². The van der Waals surface area contributed by atoms with E-state index in [1.54, 1.807) is 17.1 Å². The molecule has 0 aliphatic carbocycles. The van der Waals surface area contributed by atoms with Gasteiger partial charge in [-0.1, -0.05) is 13.5 Å². The molecule has 6 heteroatoms. The molecule has 160 valence electrons. The predicted molar refractivity (Wildman–Crippen MR) is 122 cm³/mol. The van der Waals surface area contributed by atoms with Crippen LogP contribution in [0.3, 0.4) is 0 Å². The van der Waals surface area contributed by atoms with Crippen molar-refractivity contribution in [2.75, 3.05) is 6.67 Å². The summed E-state index contributed by atoms with van der Waals surface area (Å²) in [7, 11) is 0. The van der Waals surface area contributed by atoms with Crippen LogP contribution in [0.4, 0.5) is 4.39 Å². The van der Waals surface area contributed by atoms with Gasteiger partial charge in [-0.05, 0) is 66.9 Å². The molecule has 0 saturated carbocycles. The van der Waals surface area contributed by atoms with Crippen LogP contribution in [-0.4, -0.2) is 26.4 Å². The highest BCUT2D eigenvalue weighted by Gasteiger charge is 2.13. The summed E-state index contributed by atoms with van der Waals surface area (Å²) < 4.78 is 20.4. The van der Waals surface area contributed by atoms with Crippen molar-refractivity contribution >= 4 is 0 Å². The first-order valence-corrected chi connectivity index (χ1v) is 9.83. The van der Waals surface area contributed by atoms with Crippen molar-refractivity contribution in [3.63, 3.8) is 0 Å². The lowest BCUT2D eigenvalue weighted by Gasteiger charge is -2.09. The molecule has 3 heterocycles. The molecule has 1 aromatic carbocycles. The normalized spacial score (nSPS) is 10.5. The number of pyridine rings is 2. The Hall–Kier alpha value is -3.54. The van der Waals surface area contributed by atoms with Gasteiger partial charge in [-0.15, -0.1) is 0 Å². The Bertz CT molecular complexity index is 1120. The van der Waals surface area contributed by atoms with Gasteiger partial charge in [0.25, 0.3) is 0 Å². The lowest BCUT2D eigenvalue weighted by atomic mass is 10.0. The number of ether oxygens (including phenoxy) is 1. The highest BCUT2D eigenvalue weighted by molar-refractivity contribution is 5.80. The summed E-state index contributed by atoms with van der Waals surface area (Å²) in [6.45, 7) is 4.24. The quantitative estimate of drug-likeness (QED) is 0.380. The maximum Gasteiger partial charge on any atom is 0.130 e. The molecule has 0 radical (unpaired) electrons. The molecule has 0 bridgehead atoms. The zero-order chi connectivity index (χ0) is 20.9. The maximum atomic E-state index is 12.9. The fourth-order valence-corrected chi connectivity index (χ4v) is 3.33. The second-order valence-corrected chi connectivity index (χ2v) is 7.17. The van der Waals surface area contributed by atoms with Gasteiger partial charge in [0.15, 0.2) is 0 Å². The smallest absolute Gasteiger partial charge is 0.130 e. The molecule has 0 aliphatic heterocycles. The van der Waals surface area contributed by atoms with E-state index < -0.39 is 6.67 Å². The standard InChI is InChI=1S/C24H23FN4O.CH4/c1-17-13-18(2)23(27-14-17)16-30-21-5-3-20(4-6-21)24-22(15-29(28-24)12-9-25)19-7-10-26-11-8-19;/h3-8,10-11,13-15H,9,12,16H2,1-2H3;1H4. The first-order chi connectivity index (χ1) is 14.6. The molecular formula is C25H27FN4O. The predicted octanol–water partition coefficient (Wildman–Crippen LogP) is 5.81. The Morgan fingerprint density at radius 1 is 1.00 bits per heavy atom. The summed E-state index contributed by atoms with van der Waals surface area (Å²) in [4.78, 5) is 8.53. The Kier molecular flexibility index (Phi) is 7.13. The van der Waals surface area contributed by atoms with Crippen LogP contribution in [0.2, 0.25) is 0 Å². The lowest BCUT2D eigenvalue weighted by molar-refractivity contribution is 0.300. The Labute approximate surface area is 182 Å². The number of hydrogen-bond acceptors (Lipinski definition) is 4. The zero-order valence-corrected chi connectivity index (χ0v) is 17.0. The molecule has 3 aromatic heterocycles. The van der Waals surface area contributed by atoms with Gasteiger partial charge >= 0.3 is 0 Å². The van der Waals surface area contributed by atoms with Crippen molar-refractivity contribution in [2.24, 2.45) is 0 Å². The monoisotopic (exact) mass is 418 g/mol. The third-order valence-electron chi connectivity index (χ3n) is 4.89. The van der Waals surface area contributed by atoms with Gasteiger partial charge < -0.3 is 4.74 Å². The summed E-state index contributed by atoms with van der Waals surface area (Å²) >= 11 is 0. The molecule has 0 atom stereocenters. The lowest BCUT2D eigenvalue weighted by Crippen LogP contribution is -2.01. The molecule has 0 saturated heterocycles. The summed E-state index contributed by atoms with van der Waals surface area (Å²) in [6, 6.07) is 13.7. The van der Waals surface area contributed by atoms with Crippen LogP contribution in [-0.2, 0) is 13.2 Å². The fraction of sp³-hybridized carbons (Fsp3) is 0.240. The van der Waals surface area contributed by atoms with E-state index in [9.17, 15) is 4.39 Å². The number of aryl methyl sites for hydroxylation is 3. The van der Waals surface area contributed by atoms with Crippen LogP contribution < -0.4 is 4.74 Å². The van der Waals surface area contributed by atoms with Gasteiger partial charge in [-0.2, -0.15) is 5.10 Å². The van der Waals surface area contributed by atoms with Crippen LogP contribution in [0.1, 0.15) is 24.2 Å². The second-order valence-electron chi connectivity index (χ2n) is 7.17. The average Bonchev–Trinajstić information content (AvgIpc) is 3.18. The van der Waals surface area contributed by atoms with Gasteiger partial charge in [0.2, 0.25) is 0 Å². The van der Waals surface area contributed by atoms with E-state index in [0.717, 1.165) is 45.0 Å². The Morgan fingerprint density at radius 2 is 1.74 bits per heavy atom. The number of hydrogen-bond donors (Lipinski definition) is 0. The summed E-state index contributed by atoms with van der Waals surface area (Å²) in [5.41, 5.74) is 6.86. The molecule has 0 spiro atoms. The van der Waals surface area contributed by atoms with E-state index >= 15 is 0 Å². The average molecular weight is 419 g/mol. The van der Waals surface area contributed by atoms with Crippen molar-refractivity contribution < 1.29 is 9.13 Å². The van der Waals surface area contributed by atoms with Gasteiger partial charge in [0.05, 0.1) is 12.2 Å². The van der Waals surface area contributed by atoms with E-state index in [2.05, 4.69) is 21.1 Å². The van der Waals surface area contributed by atoms with E-state index in [-0.39, 0.29) is 14.0 Å². The number of rotatable bonds is 7. The third kappa shape index (κ3) is 5.15. The minimum Gasteiger partial charge on any atom is -0.487 e. The Balaban J connectivity index is 0.00000272. The molecule has 31 heavy (non-hydrogen) atoms. The van der Waals surface area contributed by atoms with Crippen LogP contribution in [0.25, 0.3) is 22.4 Å². The first kappa shape index (κ1) is 22.2. The third-order valence-corrected chi connectivity index (χ3v) is 4.89. The molecule has 0 aliphatic rings. The summed E-state index contributed by atoms with van der Waals surface area (Å²) in [6.07, 6.45) is 7.21. The minimum absolute atomic E-state index is 0. The van der Waals surface area contributed by atoms with Crippen LogP contribution >= 0.6 is 0 Å². The number of halogens is 1. The molecule has 4 aromatic rings. The van der Waals surface area contributed by atoms with E-state index in [4.69, 9.17) is 4.74 Å². The topological polar surface area (TPSA) is 52.8 Å². The minimum atomic E-state index is -0.462. The van der Waals surface area contributed by atoms with Crippen LogP contribution in [0, 0.1) is 13.8 Å². The van der Waals surface area contributed by atoms with Crippen molar-refractivity contribution in [3.05, 3.63) is 84.1 Å². The number of aromatic nitrogens is 4. The van der Waals surface area contributed by atoms with Gasteiger partial charge in [0, 0.05) is 35.9 Å². The van der Waals surface area contributed by atoms with Gasteiger partial charge in [-0.25, -0.2) is 4.39 Å². The van der Waals surface area contributed by atoms with Crippen molar-refractivity contribution in [3.8, 4) is 28.1 Å². The molecule has 0 amide bonds. The molecule has 0 fully saturated rings. The SMILES string of the molecule is C.Cc1cnc(COc2ccc(-c3nn(CCF)cc3-c3ccncc3)cc2)c(C)c1. The van der Waals surface area contributed by atoms with Crippen molar-refractivity contribution in [1.29, 1.82) is 0 Å². The summed E-state index contributed by atoms with van der Waals surface area (Å²) in [5.74, 6) is 0.758. The number of nitrogens with zero attached hydrogens (tertiary/aromatic N) is 4. The second kappa shape index (κ2) is 9.98. The van der Waals surface area contributed by atoms with E-state index in [0.29, 0.717) is 6.61 Å².